The molecule has 0 aromatic carbocycles. The first kappa shape index (κ1) is 11.5. The Morgan fingerprint density at radius 1 is 1.56 bits per heavy atom. The first-order valence-corrected chi connectivity index (χ1v) is 5.85. The molecule has 1 aliphatic carbocycles. The van der Waals surface area contributed by atoms with Crippen LogP contribution in [0.5, 0.6) is 0 Å². The Morgan fingerprint density at radius 3 is 2.75 bits per heavy atom. The van der Waals surface area contributed by atoms with Gasteiger partial charge in [-0.15, -0.1) is 0 Å². The number of likely N-dealkylation sites (N-methyl/N-ethyl adjacent to an activating group) is 1. The molecule has 1 saturated carbocycles. The second kappa shape index (κ2) is 4.47. The van der Waals surface area contributed by atoms with Crippen LogP contribution in [0.4, 0.5) is 0 Å². The molecule has 86 valence electrons. The van der Waals surface area contributed by atoms with E-state index in [1.807, 2.05) is 25.2 Å². The summed E-state index contributed by atoms with van der Waals surface area (Å²) in [5.74, 6) is 0.451. The number of aromatic nitrogens is 1. The summed E-state index contributed by atoms with van der Waals surface area (Å²) < 4.78 is 5.73. The van der Waals surface area contributed by atoms with Crippen molar-refractivity contribution < 1.29 is 4.74 Å². The van der Waals surface area contributed by atoms with Gasteiger partial charge in [-0.25, -0.2) is 0 Å². The fraction of sp³-hybridized carbons (Fsp3) is 0.500. The maximum atomic E-state index is 5.73. The van der Waals surface area contributed by atoms with Crippen molar-refractivity contribution in [2.24, 2.45) is 5.92 Å². The second-order valence-corrected chi connectivity index (χ2v) is 4.42. The molecule has 0 saturated heterocycles. The highest BCUT2D eigenvalue weighted by atomic mass is 32.1. The average Bonchev–Trinajstić information content (AvgIpc) is 3.16. The van der Waals surface area contributed by atoms with Gasteiger partial charge in [0.1, 0.15) is 4.99 Å². The van der Waals surface area contributed by atoms with Crippen LogP contribution in [0.25, 0.3) is 0 Å². The monoisotopic (exact) mass is 236 g/mol. The van der Waals surface area contributed by atoms with Crippen LogP contribution in [0, 0.1) is 5.92 Å². The summed E-state index contributed by atoms with van der Waals surface area (Å²) in [6.45, 7) is 0. The van der Waals surface area contributed by atoms with Crippen LogP contribution >= 0.6 is 12.2 Å². The summed E-state index contributed by atoms with van der Waals surface area (Å²) in [6.07, 6.45) is 4.07. The third-order valence-electron chi connectivity index (χ3n) is 3.08. The highest BCUT2D eigenvalue weighted by Gasteiger charge is 2.51. The van der Waals surface area contributed by atoms with Crippen molar-refractivity contribution in [1.29, 1.82) is 0 Å². The molecular weight excluding hydrogens is 220 g/mol. The molecule has 1 aromatic heterocycles. The van der Waals surface area contributed by atoms with E-state index in [1.54, 1.807) is 13.3 Å². The molecule has 1 fully saturated rings. The van der Waals surface area contributed by atoms with Gasteiger partial charge in [0, 0.05) is 26.3 Å². The molecule has 1 atom stereocenters. The van der Waals surface area contributed by atoms with E-state index in [-0.39, 0.29) is 0 Å². The molecule has 0 aliphatic heterocycles. The molecule has 3 nitrogen and oxygen atoms in total. The highest BCUT2D eigenvalue weighted by molar-refractivity contribution is 7.80. The largest absolute Gasteiger partial charge is 0.380 e. The van der Waals surface area contributed by atoms with E-state index in [1.165, 1.54) is 0 Å². The summed E-state index contributed by atoms with van der Waals surface area (Å²) >= 11 is 5.41. The number of hydrogen-bond donors (Lipinski definition) is 1. The molecule has 0 bridgehead atoms. The Bertz CT molecular complexity index is 378. The lowest BCUT2D eigenvalue weighted by atomic mass is 9.92. The summed E-state index contributed by atoms with van der Waals surface area (Å²) in [5.41, 5.74) is 0.366. The summed E-state index contributed by atoms with van der Waals surface area (Å²) in [4.78, 5) is 5.12. The number of rotatable bonds is 4. The maximum Gasteiger partial charge on any atom is 0.162 e. The normalized spacial score (nSPS) is 18.9. The van der Waals surface area contributed by atoms with Crippen LogP contribution in [-0.4, -0.2) is 24.1 Å². The topological polar surface area (TPSA) is 34.1 Å². The predicted molar refractivity (Wildman–Crippen MR) is 67.3 cm³/mol. The fourth-order valence-electron chi connectivity index (χ4n) is 2.13. The molecule has 1 aliphatic rings. The third-order valence-corrected chi connectivity index (χ3v) is 3.59. The van der Waals surface area contributed by atoms with Gasteiger partial charge >= 0.3 is 0 Å². The van der Waals surface area contributed by atoms with Gasteiger partial charge in [-0.3, -0.25) is 4.98 Å². The molecule has 0 radical (unpaired) electrons. The number of thiocarbonyl (C=S) groups is 1. The Labute approximate surface area is 101 Å². The van der Waals surface area contributed by atoms with E-state index in [0.717, 1.165) is 23.5 Å². The van der Waals surface area contributed by atoms with Crippen molar-refractivity contribution >= 4 is 17.2 Å². The molecule has 1 N–H and O–H groups in total. The SMILES string of the molecule is CNC(=S)C(OC)(c1ccccn1)C1CC1. The molecule has 0 spiro atoms. The number of methoxy groups -OCH3 is 1. The Kier molecular flexibility index (Phi) is 3.21. The zero-order chi connectivity index (χ0) is 11.6. The molecule has 16 heavy (non-hydrogen) atoms. The van der Waals surface area contributed by atoms with Gasteiger partial charge in [-0.1, -0.05) is 18.3 Å². The average molecular weight is 236 g/mol. The Balaban J connectivity index is 2.44. The van der Waals surface area contributed by atoms with Gasteiger partial charge in [0.05, 0.1) is 5.69 Å². The van der Waals surface area contributed by atoms with Crippen LogP contribution in [0.1, 0.15) is 18.5 Å². The standard InChI is InChI=1S/C12H16N2OS/c1-13-11(16)12(15-2,9-6-7-9)10-5-3-4-8-14-10/h3-5,8-9H,6-7H2,1-2H3,(H,13,16). The summed E-state index contributed by atoms with van der Waals surface area (Å²) in [6, 6.07) is 5.85. The van der Waals surface area contributed by atoms with Crippen LogP contribution in [-0.2, 0) is 10.3 Å². The van der Waals surface area contributed by atoms with Crippen LogP contribution in [0.3, 0.4) is 0 Å². The summed E-state index contributed by atoms with van der Waals surface area (Å²) in [5, 5.41) is 3.04. The number of pyridine rings is 1. The summed E-state index contributed by atoms with van der Waals surface area (Å²) in [7, 11) is 3.54. The van der Waals surface area contributed by atoms with Gasteiger partial charge in [0.15, 0.2) is 5.60 Å². The number of nitrogens with one attached hydrogen (secondary N) is 1. The zero-order valence-electron chi connectivity index (χ0n) is 9.56. The van der Waals surface area contributed by atoms with Gasteiger partial charge in [-0.2, -0.15) is 0 Å². The molecule has 4 heteroatoms. The number of hydrogen-bond acceptors (Lipinski definition) is 3. The van der Waals surface area contributed by atoms with Crippen molar-refractivity contribution in [1.82, 2.24) is 10.3 Å². The van der Waals surface area contributed by atoms with E-state index in [0.29, 0.717) is 5.92 Å². The van der Waals surface area contributed by atoms with E-state index in [9.17, 15) is 0 Å². The number of nitrogens with zero attached hydrogens (tertiary/aromatic N) is 1. The Hall–Kier alpha value is -1.00. The molecule has 2 rings (SSSR count). The quantitative estimate of drug-likeness (QED) is 0.809. The van der Waals surface area contributed by atoms with Gasteiger partial charge in [-0.05, 0) is 25.0 Å². The maximum absolute atomic E-state index is 5.73. The van der Waals surface area contributed by atoms with E-state index >= 15 is 0 Å². The van der Waals surface area contributed by atoms with Crippen LogP contribution < -0.4 is 5.32 Å². The highest BCUT2D eigenvalue weighted by Crippen LogP contribution is 2.47. The van der Waals surface area contributed by atoms with Gasteiger partial charge in [0.2, 0.25) is 0 Å². The first-order valence-electron chi connectivity index (χ1n) is 5.44. The lowest BCUT2D eigenvalue weighted by molar-refractivity contribution is 0.0238. The zero-order valence-corrected chi connectivity index (χ0v) is 10.4. The predicted octanol–water partition coefficient (Wildman–Crippen LogP) is 1.88. The molecular formula is C12H16N2OS. The molecule has 1 aromatic rings. The van der Waals surface area contributed by atoms with Crippen LogP contribution in [0.2, 0.25) is 0 Å². The minimum Gasteiger partial charge on any atom is -0.380 e. The van der Waals surface area contributed by atoms with Gasteiger partial charge < -0.3 is 10.1 Å². The lowest BCUT2D eigenvalue weighted by Gasteiger charge is -2.32. The minimum absolute atomic E-state index is 0.451. The molecule has 0 amide bonds. The Morgan fingerprint density at radius 2 is 2.31 bits per heavy atom. The smallest absolute Gasteiger partial charge is 0.162 e. The fourth-order valence-corrected chi connectivity index (χ4v) is 2.49. The molecule has 1 heterocycles. The van der Waals surface area contributed by atoms with Crippen molar-refractivity contribution in [2.45, 2.75) is 18.4 Å². The first-order chi connectivity index (χ1) is 7.75. The van der Waals surface area contributed by atoms with Crippen molar-refractivity contribution in [2.75, 3.05) is 14.2 Å². The molecule has 1 unspecified atom stereocenters. The van der Waals surface area contributed by atoms with E-state index < -0.39 is 5.60 Å². The van der Waals surface area contributed by atoms with Gasteiger partial charge in [0.25, 0.3) is 0 Å². The van der Waals surface area contributed by atoms with Crippen molar-refractivity contribution in [3.63, 3.8) is 0 Å². The third kappa shape index (κ3) is 1.72. The van der Waals surface area contributed by atoms with Crippen molar-refractivity contribution in [3.8, 4) is 0 Å². The lowest BCUT2D eigenvalue weighted by Crippen LogP contribution is -2.45. The van der Waals surface area contributed by atoms with Crippen LogP contribution in [0.15, 0.2) is 24.4 Å². The second-order valence-electron chi connectivity index (χ2n) is 4.01. The van der Waals surface area contributed by atoms with Crippen molar-refractivity contribution in [3.05, 3.63) is 30.1 Å². The van der Waals surface area contributed by atoms with E-state index in [2.05, 4.69) is 10.3 Å². The number of ether oxygens (including phenoxy) is 1. The van der Waals surface area contributed by atoms with E-state index in [4.69, 9.17) is 17.0 Å². The minimum atomic E-state index is -0.536.